The van der Waals surface area contributed by atoms with Crippen LogP contribution in [0, 0.1) is 28.1 Å². The fourth-order valence-corrected chi connectivity index (χ4v) is 7.18. The van der Waals surface area contributed by atoms with Crippen LogP contribution >= 0.6 is 0 Å². The van der Waals surface area contributed by atoms with Crippen LogP contribution in [-0.4, -0.2) is 6.04 Å². The van der Waals surface area contributed by atoms with E-state index in [1.165, 1.54) is 57.8 Å². The lowest BCUT2D eigenvalue weighted by molar-refractivity contribution is -0.155. The molecule has 0 aromatic rings. The predicted molar refractivity (Wildman–Crippen MR) is 86.5 cm³/mol. The molecule has 4 bridgehead atoms. The largest absolute Gasteiger partial charge is 0.327 e. The Morgan fingerprint density at radius 3 is 1.95 bits per heavy atom. The average Bonchev–Trinajstić information content (AvgIpc) is 2.31. The third-order valence-electron chi connectivity index (χ3n) is 7.20. The predicted octanol–water partition coefficient (Wildman–Crippen LogP) is 5.14. The maximum atomic E-state index is 6.84. The molecule has 4 rings (SSSR count). The summed E-state index contributed by atoms with van der Waals surface area (Å²) >= 11 is 0. The second kappa shape index (κ2) is 4.73. The van der Waals surface area contributed by atoms with Crippen molar-refractivity contribution in [3.05, 3.63) is 0 Å². The van der Waals surface area contributed by atoms with Crippen molar-refractivity contribution in [2.75, 3.05) is 0 Å². The maximum absolute atomic E-state index is 6.84. The maximum Gasteiger partial charge on any atom is 0.00987 e. The fourth-order valence-electron chi connectivity index (χ4n) is 7.18. The second-order valence-electron chi connectivity index (χ2n) is 9.52. The van der Waals surface area contributed by atoms with Gasteiger partial charge in [-0.2, -0.15) is 0 Å². The van der Waals surface area contributed by atoms with Gasteiger partial charge in [0.25, 0.3) is 0 Å². The highest BCUT2D eigenvalue weighted by Gasteiger charge is 2.61. The minimum atomic E-state index is 0.453. The van der Waals surface area contributed by atoms with Crippen molar-refractivity contribution in [1.29, 1.82) is 0 Å². The van der Waals surface area contributed by atoms with Crippen molar-refractivity contribution in [2.24, 2.45) is 33.8 Å². The number of nitrogens with two attached hydrogens (primary N) is 1. The van der Waals surface area contributed by atoms with E-state index in [1.807, 2.05) is 0 Å². The summed E-state index contributed by atoms with van der Waals surface area (Å²) in [7, 11) is 0. The zero-order valence-electron chi connectivity index (χ0n) is 14.2. The lowest BCUT2D eigenvalue weighted by Gasteiger charge is -2.67. The van der Waals surface area contributed by atoms with E-state index in [2.05, 4.69) is 27.7 Å². The van der Waals surface area contributed by atoms with Crippen molar-refractivity contribution < 1.29 is 0 Å². The summed E-state index contributed by atoms with van der Waals surface area (Å²) in [6, 6.07) is 0.453. The van der Waals surface area contributed by atoms with E-state index in [-0.39, 0.29) is 0 Å². The molecule has 20 heavy (non-hydrogen) atoms. The van der Waals surface area contributed by atoms with E-state index in [4.69, 9.17) is 5.73 Å². The normalized spacial score (nSPS) is 48.0. The van der Waals surface area contributed by atoms with Crippen LogP contribution in [0.1, 0.15) is 85.5 Å². The van der Waals surface area contributed by atoms with Gasteiger partial charge in [-0.25, -0.2) is 0 Å². The van der Waals surface area contributed by atoms with Gasteiger partial charge >= 0.3 is 0 Å². The van der Waals surface area contributed by atoms with E-state index < -0.39 is 0 Å². The van der Waals surface area contributed by atoms with Crippen molar-refractivity contribution in [1.82, 2.24) is 0 Å². The zero-order chi connectivity index (χ0) is 14.6. The molecule has 2 N–H and O–H groups in total. The fraction of sp³-hybridized carbons (Fsp3) is 1.00. The van der Waals surface area contributed by atoms with Crippen LogP contribution in [-0.2, 0) is 0 Å². The molecule has 116 valence electrons. The third kappa shape index (κ3) is 2.34. The number of hydrogen-bond acceptors (Lipinski definition) is 1. The highest BCUT2D eigenvalue weighted by atomic mass is 14.8. The molecule has 0 aliphatic heterocycles. The van der Waals surface area contributed by atoms with E-state index in [0.717, 1.165) is 11.8 Å². The molecule has 0 spiro atoms. The quantitative estimate of drug-likeness (QED) is 0.740. The Kier molecular flexibility index (Phi) is 3.52. The standard InChI is InChI=1S/C19H35N/c1-5-14(6-2)7-16(20)19-10-15-8-17(3,12-19)11-18(4,9-15)13-19/h14-16H,5-13,20H2,1-4H3. The van der Waals surface area contributed by atoms with Crippen LogP contribution in [0.3, 0.4) is 0 Å². The molecule has 1 nitrogen and oxygen atoms in total. The van der Waals surface area contributed by atoms with E-state index >= 15 is 0 Å². The molecule has 4 saturated carbocycles. The molecule has 4 aliphatic carbocycles. The highest BCUT2D eigenvalue weighted by molar-refractivity contribution is 5.13. The summed E-state index contributed by atoms with van der Waals surface area (Å²) in [5, 5.41) is 0. The molecule has 0 saturated heterocycles. The second-order valence-corrected chi connectivity index (χ2v) is 9.52. The van der Waals surface area contributed by atoms with Crippen LogP contribution in [0.4, 0.5) is 0 Å². The molecule has 0 radical (unpaired) electrons. The molecule has 0 aromatic carbocycles. The van der Waals surface area contributed by atoms with Gasteiger partial charge in [0.1, 0.15) is 0 Å². The van der Waals surface area contributed by atoms with Crippen LogP contribution < -0.4 is 5.73 Å². The van der Waals surface area contributed by atoms with Crippen LogP contribution in [0.2, 0.25) is 0 Å². The summed E-state index contributed by atoms with van der Waals surface area (Å²) in [4.78, 5) is 0. The van der Waals surface area contributed by atoms with Gasteiger partial charge in [-0.1, -0.05) is 40.5 Å². The van der Waals surface area contributed by atoms with Crippen molar-refractivity contribution in [3.8, 4) is 0 Å². The number of rotatable bonds is 5. The molecule has 3 unspecified atom stereocenters. The first-order chi connectivity index (χ1) is 9.32. The summed E-state index contributed by atoms with van der Waals surface area (Å²) in [5.74, 6) is 1.83. The smallest absolute Gasteiger partial charge is 0.00987 e. The average molecular weight is 277 g/mol. The Hall–Kier alpha value is -0.0400. The Morgan fingerprint density at radius 2 is 1.50 bits per heavy atom. The lowest BCUT2D eigenvalue weighted by atomic mass is 9.39. The topological polar surface area (TPSA) is 26.0 Å². The first kappa shape index (κ1) is 14.9. The van der Waals surface area contributed by atoms with Crippen LogP contribution in [0.5, 0.6) is 0 Å². The zero-order valence-corrected chi connectivity index (χ0v) is 14.2. The van der Waals surface area contributed by atoms with E-state index in [1.54, 1.807) is 0 Å². The van der Waals surface area contributed by atoms with Gasteiger partial charge in [0, 0.05) is 6.04 Å². The van der Waals surface area contributed by atoms with Gasteiger partial charge in [0.05, 0.1) is 0 Å². The van der Waals surface area contributed by atoms with Gasteiger partial charge in [-0.15, -0.1) is 0 Å². The van der Waals surface area contributed by atoms with Crippen LogP contribution in [0.25, 0.3) is 0 Å². The molecule has 1 heteroatoms. The molecular formula is C19H35N. The van der Waals surface area contributed by atoms with E-state index in [0.29, 0.717) is 22.3 Å². The minimum absolute atomic E-state index is 0.453. The van der Waals surface area contributed by atoms with Gasteiger partial charge in [-0.3, -0.25) is 0 Å². The summed E-state index contributed by atoms with van der Waals surface area (Å²) in [6.45, 7) is 9.80. The lowest BCUT2D eigenvalue weighted by Crippen LogP contribution is -2.60. The van der Waals surface area contributed by atoms with Crippen molar-refractivity contribution in [2.45, 2.75) is 91.5 Å². The van der Waals surface area contributed by atoms with Gasteiger partial charge in [0.2, 0.25) is 0 Å². The monoisotopic (exact) mass is 277 g/mol. The van der Waals surface area contributed by atoms with Crippen LogP contribution in [0.15, 0.2) is 0 Å². The van der Waals surface area contributed by atoms with Crippen molar-refractivity contribution in [3.63, 3.8) is 0 Å². The first-order valence-corrected chi connectivity index (χ1v) is 9.08. The Balaban J connectivity index is 1.81. The Bertz CT molecular complexity index is 352. The third-order valence-corrected chi connectivity index (χ3v) is 7.20. The van der Waals surface area contributed by atoms with Gasteiger partial charge in [0.15, 0.2) is 0 Å². The molecule has 0 heterocycles. The molecule has 0 amide bonds. The summed E-state index contributed by atoms with van der Waals surface area (Å²) in [6.07, 6.45) is 12.6. The molecular weight excluding hydrogens is 242 g/mol. The van der Waals surface area contributed by atoms with E-state index in [9.17, 15) is 0 Å². The molecule has 0 aromatic heterocycles. The first-order valence-electron chi connectivity index (χ1n) is 9.08. The SMILES string of the molecule is CCC(CC)CC(N)C12CC3CC(C)(CC(C)(C3)C1)C2. The molecule has 4 fully saturated rings. The molecule has 3 atom stereocenters. The van der Waals surface area contributed by atoms with Gasteiger partial charge < -0.3 is 5.73 Å². The highest BCUT2D eigenvalue weighted by Crippen LogP contribution is 2.70. The number of hydrogen-bond donors (Lipinski definition) is 1. The minimum Gasteiger partial charge on any atom is -0.327 e. The Morgan fingerprint density at radius 1 is 0.950 bits per heavy atom. The summed E-state index contributed by atoms with van der Waals surface area (Å²) in [5.41, 5.74) is 8.56. The summed E-state index contributed by atoms with van der Waals surface area (Å²) < 4.78 is 0. The molecule has 4 aliphatic rings. The Labute approximate surface area is 126 Å². The van der Waals surface area contributed by atoms with Gasteiger partial charge in [-0.05, 0) is 73.0 Å². The van der Waals surface area contributed by atoms with Crippen molar-refractivity contribution >= 4 is 0 Å².